The van der Waals surface area contributed by atoms with E-state index in [1.54, 1.807) is 36.4 Å². The summed E-state index contributed by atoms with van der Waals surface area (Å²) in [5.41, 5.74) is 1.13. The molecule has 0 aliphatic carbocycles. The minimum Gasteiger partial charge on any atom is -0.207 e. The SMILES string of the molecule is O=S(=O)(Cl)c1ccccc1-c1ccc(Cl)c(Cl)c1. The second-order valence-corrected chi connectivity index (χ2v) is 6.91. The van der Waals surface area contributed by atoms with Gasteiger partial charge in [-0.25, -0.2) is 8.42 Å². The van der Waals surface area contributed by atoms with Crippen molar-refractivity contribution >= 4 is 42.9 Å². The lowest BCUT2D eigenvalue weighted by molar-refractivity contribution is 0.610. The van der Waals surface area contributed by atoms with Gasteiger partial charge in [0.15, 0.2) is 0 Å². The molecule has 94 valence electrons. The zero-order valence-electron chi connectivity index (χ0n) is 8.90. The van der Waals surface area contributed by atoms with E-state index in [9.17, 15) is 8.42 Å². The summed E-state index contributed by atoms with van der Waals surface area (Å²) >= 11 is 11.7. The lowest BCUT2D eigenvalue weighted by Crippen LogP contribution is -1.94. The van der Waals surface area contributed by atoms with E-state index >= 15 is 0 Å². The Hall–Kier alpha value is -0.740. The predicted octanol–water partition coefficient (Wildman–Crippen LogP) is 4.59. The van der Waals surface area contributed by atoms with Crippen LogP contribution in [0.15, 0.2) is 47.4 Å². The van der Waals surface area contributed by atoms with E-state index in [2.05, 4.69) is 0 Å². The molecule has 0 saturated heterocycles. The van der Waals surface area contributed by atoms with Crippen LogP contribution in [0.25, 0.3) is 11.1 Å². The second kappa shape index (κ2) is 5.10. The Kier molecular flexibility index (Phi) is 3.87. The first-order chi connectivity index (χ1) is 8.39. The maximum Gasteiger partial charge on any atom is 0.261 e. The van der Waals surface area contributed by atoms with Gasteiger partial charge in [0, 0.05) is 16.2 Å². The first-order valence-electron chi connectivity index (χ1n) is 4.89. The maximum absolute atomic E-state index is 11.5. The average molecular weight is 322 g/mol. The van der Waals surface area contributed by atoms with Gasteiger partial charge in [-0.2, -0.15) is 0 Å². The standard InChI is InChI=1S/C12H7Cl3O2S/c13-10-6-5-8(7-11(10)14)9-3-1-2-4-12(9)18(15,16)17/h1-7H. The van der Waals surface area contributed by atoms with Crippen molar-refractivity contribution in [3.05, 3.63) is 52.5 Å². The average Bonchev–Trinajstić information content (AvgIpc) is 2.32. The highest BCUT2D eigenvalue weighted by Crippen LogP contribution is 2.33. The van der Waals surface area contributed by atoms with Gasteiger partial charge in [0.2, 0.25) is 0 Å². The summed E-state index contributed by atoms with van der Waals surface area (Å²) in [6.45, 7) is 0. The van der Waals surface area contributed by atoms with Crippen LogP contribution in [-0.4, -0.2) is 8.42 Å². The molecule has 0 radical (unpaired) electrons. The summed E-state index contributed by atoms with van der Waals surface area (Å²) in [5.74, 6) is 0. The molecule has 2 aromatic carbocycles. The molecule has 0 heterocycles. The Morgan fingerprint density at radius 1 is 0.889 bits per heavy atom. The van der Waals surface area contributed by atoms with E-state index in [0.29, 0.717) is 21.2 Å². The highest BCUT2D eigenvalue weighted by Gasteiger charge is 2.16. The Labute approximate surface area is 120 Å². The van der Waals surface area contributed by atoms with Crippen molar-refractivity contribution in [2.45, 2.75) is 4.90 Å². The van der Waals surface area contributed by atoms with Gasteiger partial charge < -0.3 is 0 Å². The molecule has 0 unspecified atom stereocenters. The fraction of sp³-hybridized carbons (Fsp3) is 0. The second-order valence-electron chi connectivity index (χ2n) is 3.56. The number of hydrogen-bond acceptors (Lipinski definition) is 2. The third-order valence-electron chi connectivity index (χ3n) is 2.38. The fourth-order valence-electron chi connectivity index (χ4n) is 1.58. The number of benzene rings is 2. The van der Waals surface area contributed by atoms with E-state index in [1.165, 1.54) is 6.07 Å². The van der Waals surface area contributed by atoms with Crippen molar-refractivity contribution in [2.24, 2.45) is 0 Å². The van der Waals surface area contributed by atoms with Gasteiger partial charge in [-0.05, 0) is 23.8 Å². The van der Waals surface area contributed by atoms with Crippen molar-refractivity contribution in [1.82, 2.24) is 0 Å². The summed E-state index contributed by atoms with van der Waals surface area (Å²) < 4.78 is 23.0. The third kappa shape index (κ3) is 2.81. The molecule has 0 spiro atoms. The van der Waals surface area contributed by atoms with Gasteiger partial charge in [0.1, 0.15) is 0 Å². The van der Waals surface area contributed by atoms with Crippen LogP contribution < -0.4 is 0 Å². The van der Waals surface area contributed by atoms with Gasteiger partial charge >= 0.3 is 0 Å². The molecular formula is C12H7Cl3O2S. The highest BCUT2D eigenvalue weighted by molar-refractivity contribution is 8.13. The predicted molar refractivity (Wildman–Crippen MR) is 74.9 cm³/mol. The largest absolute Gasteiger partial charge is 0.261 e. The van der Waals surface area contributed by atoms with Crippen molar-refractivity contribution in [1.29, 1.82) is 0 Å². The Morgan fingerprint density at radius 2 is 1.56 bits per heavy atom. The Bertz CT molecular complexity index is 696. The van der Waals surface area contributed by atoms with Gasteiger partial charge in [-0.15, -0.1) is 0 Å². The zero-order valence-corrected chi connectivity index (χ0v) is 12.0. The topological polar surface area (TPSA) is 34.1 Å². The molecule has 0 aliphatic heterocycles. The molecule has 6 heteroatoms. The minimum absolute atomic E-state index is 0.0463. The summed E-state index contributed by atoms with van der Waals surface area (Å²) in [5, 5.41) is 0.766. The molecule has 0 fully saturated rings. The normalized spacial score (nSPS) is 11.5. The Balaban J connectivity index is 2.68. The molecule has 0 aromatic heterocycles. The van der Waals surface area contributed by atoms with Gasteiger partial charge in [-0.1, -0.05) is 47.5 Å². The summed E-state index contributed by atoms with van der Waals surface area (Å²) in [6, 6.07) is 11.3. The smallest absolute Gasteiger partial charge is 0.207 e. The molecule has 2 nitrogen and oxygen atoms in total. The number of halogens is 3. The fourth-order valence-corrected chi connectivity index (χ4v) is 2.97. The number of hydrogen-bond donors (Lipinski definition) is 0. The van der Waals surface area contributed by atoms with Crippen LogP contribution in [-0.2, 0) is 9.05 Å². The van der Waals surface area contributed by atoms with Crippen LogP contribution in [0.4, 0.5) is 0 Å². The molecule has 0 bridgehead atoms. The molecule has 0 saturated carbocycles. The summed E-state index contributed by atoms with van der Waals surface area (Å²) in [7, 11) is 1.59. The molecule has 0 aliphatic rings. The van der Waals surface area contributed by atoms with Crippen LogP contribution in [0.1, 0.15) is 0 Å². The minimum atomic E-state index is -3.81. The molecule has 2 aromatic rings. The van der Waals surface area contributed by atoms with E-state index in [0.717, 1.165) is 0 Å². The van der Waals surface area contributed by atoms with Crippen LogP contribution in [0.3, 0.4) is 0 Å². The lowest BCUT2D eigenvalue weighted by atomic mass is 10.1. The molecule has 18 heavy (non-hydrogen) atoms. The third-order valence-corrected chi connectivity index (χ3v) is 4.50. The van der Waals surface area contributed by atoms with Crippen molar-refractivity contribution in [3.8, 4) is 11.1 Å². The van der Waals surface area contributed by atoms with E-state index in [-0.39, 0.29) is 4.90 Å². The molecule has 0 atom stereocenters. The van der Waals surface area contributed by atoms with E-state index in [4.69, 9.17) is 33.9 Å². The number of rotatable bonds is 2. The van der Waals surface area contributed by atoms with Crippen LogP contribution in [0, 0.1) is 0 Å². The highest BCUT2D eigenvalue weighted by atomic mass is 35.7. The quantitative estimate of drug-likeness (QED) is 0.758. The monoisotopic (exact) mass is 320 g/mol. The summed E-state index contributed by atoms with van der Waals surface area (Å²) in [4.78, 5) is 0.0463. The van der Waals surface area contributed by atoms with Crippen molar-refractivity contribution in [2.75, 3.05) is 0 Å². The van der Waals surface area contributed by atoms with E-state index in [1.807, 2.05) is 0 Å². The van der Waals surface area contributed by atoms with Gasteiger partial charge in [0.25, 0.3) is 9.05 Å². The van der Waals surface area contributed by atoms with Crippen LogP contribution in [0.2, 0.25) is 10.0 Å². The Morgan fingerprint density at radius 3 is 2.17 bits per heavy atom. The molecule has 0 amide bonds. The van der Waals surface area contributed by atoms with Gasteiger partial charge in [-0.3, -0.25) is 0 Å². The first-order valence-corrected chi connectivity index (χ1v) is 7.95. The molecule has 2 rings (SSSR count). The zero-order chi connectivity index (χ0) is 13.3. The maximum atomic E-state index is 11.5. The summed E-state index contributed by atoms with van der Waals surface area (Å²) in [6.07, 6.45) is 0. The molecular weight excluding hydrogens is 315 g/mol. The van der Waals surface area contributed by atoms with Crippen molar-refractivity contribution < 1.29 is 8.42 Å². The molecule has 0 N–H and O–H groups in total. The first kappa shape index (κ1) is 13.7. The lowest BCUT2D eigenvalue weighted by Gasteiger charge is -2.07. The van der Waals surface area contributed by atoms with Crippen molar-refractivity contribution in [3.63, 3.8) is 0 Å². The van der Waals surface area contributed by atoms with E-state index < -0.39 is 9.05 Å². The van der Waals surface area contributed by atoms with Crippen LogP contribution in [0.5, 0.6) is 0 Å². The van der Waals surface area contributed by atoms with Gasteiger partial charge in [0.05, 0.1) is 14.9 Å². The van der Waals surface area contributed by atoms with Crippen LogP contribution >= 0.6 is 33.9 Å².